The van der Waals surface area contributed by atoms with Gasteiger partial charge in [0.25, 0.3) is 0 Å². The summed E-state index contributed by atoms with van der Waals surface area (Å²) in [6.07, 6.45) is 6.45. The van der Waals surface area contributed by atoms with Gasteiger partial charge >= 0.3 is 0 Å². The number of aryl methyl sites for hydroxylation is 1. The maximum Gasteiger partial charge on any atom is 0.115 e. The third kappa shape index (κ3) is 3.53. The molecule has 0 aromatic heterocycles. The Morgan fingerprint density at radius 1 is 1.00 bits per heavy atom. The zero-order chi connectivity index (χ0) is 11.2. The van der Waals surface area contributed by atoms with Crippen molar-refractivity contribution >= 4 is 0 Å². The highest BCUT2D eigenvalue weighted by atomic mass is 16.3. The van der Waals surface area contributed by atoms with Crippen LogP contribution in [0.2, 0.25) is 0 Å². The highest BCUT2D eigenvalue weighted by Crippen LogP contribution is 2.13. The lowest BCUT2D eigenvalue weighted by Crippen LogP contribution is -2.20. The molecule has 1 aromatic carbocycles. The summed E-state index contributed by atoms with van der Waals surface area (Å²) in [6, 6.07) is 7.59. The zero-order valence-electron chi connectivity index (χ0n) is 9.86. The van der Waals surface area contributed by atoms with Crippen molar-refractivity contribution in [3.05, 3.63) is 29.8 Å². The first-order valence-electron chi connectivity index (χ1n) is 6.35. The van der Waals surface area contributed by atoms with Crippen molar-refractivity contribution in [2.24, 2.45) is 0 Å². The number of unbranched alkanes of at least 4 members (excludes halogenated alkanes) is 1. The normalized spacial score (nSPS) is 16.8. The molecule has 0 atom stereocenters. The summed E-state index contributed by atoms with van der Waals surface area (Å²) in [4.78, 5) is 2.57. The molecule has 1 saturated heterocycles. The van der Waals surface area contributed by atoms with Gasteiger partial charge in [0.15, 0.2) is 0 Å². The molecule has 0 radical (unpaired) electrons. The summed E-state index contributed by atoms with van der Waals surface area (Å²) in [5.74, 6) is 0.362. The summed E-state index contributed by atoms with van der Waals surface area (Å²) in [7, 11) is 0. The molecule has 0 bridgehead atoms. The number of benzene rings is 1. The number of hydrogen-bond acceptors (Lipinski definition) is 2. The average Bonchev–Trinajstić information content (AvgIpc) is 2.80. The van der Waals surface area contributed by atoms with Gasteiger partial charge in [-0.05, 0) is 69.4 Å². The van der Waals surface area contributed by atoms with Crippen LogP contribution in [0.25, 0.3) is 0 Å². The molecule has 1 fully saturated rings. The lowest BCUT2D eigenvalue weighted by atomic mass is 10.1. The minimum atomic E-state index is 0.362. The van der Waals surface area contributed by atoms with Crippen LogP contribution >= 0.6 is 0 Å². The van der Waals surface area contributed by atoms with Gasteiger partial charge in [0, 0.05) is 0 Å². The lowest BCUT2D eigenvalue weighted by Gasteiger charge is -2.13. The van der Waals surface area contributed by atoms with Crippen molar-refractivity contribution < 1.29 is 5.11 Å². The number of nitrogens with zero attached hydrogens (tertiary/aromatic N) is 1. The topological polar surface area (TPSA) is 23.5 Å². The van der Waals surface area contributed by atoms with E-state index < -0.39 is 0 Å². The van der Waals surface area contributed by atoms with Crippen LogP contribution in [0.15, 0.2) is 24.3 Å². The van der Waals surface area contributed by atoms with E-state index in [1.54, 1.807) is 12.1 Å². The number of hydrogen-bond donors (Lipinski definition) is 1. The van der Waals surface area contributed by atoms with Crippen LogP contribution in [0, 0.1) is 0 Å². The van der Waals surface area contributed by atoms with Crippen LogP contribution in [0.3, 0.4) is 0 Å². The van der Waals surface area contributed by atoms with Crippen LogP contribution in [-0.4, -0.2) is 29.6 Å². The van der Waals surface area contributed by atoms with E-state index in [-0.39, 0.29) is 0 Å². The Kier molecular flexibility index (Phi) is 4.23. The van der Waals surface area contributed by atoms with Gasteiger partial charge in [-0.3, -0.25) is 0 Å². The summed E-state index contributed by atoms with van der Waals surface area (Å²) < 4.78 is 0. The van der Waals surface area contributed by atoms with Crippen molar-refractivity contribution in [1.29, 1.82) is 0 Å². The predicted octanol–water partition coefficient (Wildman–Crippen LogP) is 2.81. The van der Waals surface area contributed by atoms with Gasteiger partial charge in [-0.25, -0.2) is 0 Å². The van der Waals surface area contributed by atoms with Gasteiger partial charge in [0.05, 0.1) is 0 Å². The first-order valence-corrected chi connectivity index (χ1v) is 6.35. The third-order valence-corrected chi connectivity index (χ3v) is 3.32. The van der Waals surface area contributed by atoms with Crippen molar-refractivity contribution in [2.45, 2.75) is 32.1 Å². The second-order valence-corrected chi connectivity index (χ2v) is 4.67. The van der Waals surface area contributed by atoms with E-state index in [0.717, 1.165) is 6.42 Å². The molecule has 88 valence electrons. The van der Waals surface area contributed by atoms with Crippen LogP contribution in [0.5, 0.6) is 5.75 Å². The molecule has 0 unspecified atom stereocenters. The predicted molar refractivity (Wildman–Crippen MR) is 66.7 cm³/mol. The summed E-state index contributed by atoms with van der Waals surface area (Å²) in [5, 5.41) is 9.17. The fourth-order valence-corrected chi connectivity index (χ4v) is 2.33. The molecule has 16 heavy (non-hydrogen) atoms. The zero-order valence-corrected chi connectivity index (χ0v) is 9.86. The molecule has 0 amide bonds. The minimum Gasteiger partial charge on any atom is -0.508 e. The fourth-order valence-electron chi connectivity index (χ4n) is 2.33. The fraction of sp³-hybridized carbons (Fsp3) is 0.571. The molecule has 1 aliphatic heterocycles. The first-order chi connectivity index (χ1) is 7.84. The van der Waals surface area contributed by atoms with Gasteiger partial charge in [0.1, 0.15) is 5.75 Å². The standard InChI is InChI=1S/C14H21NO/c16-14-8-6-13(7-9-14)5-1-2-10-15-11-3-4-12-15/h6-9,16H,1-5,10-12H2. The van der Waals surface area contributed by atoms with Crippen molar-refractivity contribution in [2.75, 3.05) is 19.6 Å². The molecule has 1 aromatic rings. The van der Waals surface area contributed by atoms with E-state index in [9.17, 15) is 0 Å². The molecule has 1 heterocycles. The van der Waals surface area contributed by atoms with Gasteiger partial charge in [-0.1, -0.05) is 12.1 Å². The molecule has 2 heteroatoms. The Morgan fingerprint density at radius 2 is 1.69 bits per heavy atom. The number of likely N-dealkylation sites (tertiary alicyclic amines) is 1. The van der Waals surface area contributed by atoms with Crippen molar-refractivity contribution in [3.63, 3.8) is 0 Å². The molecule has 2 nitrogen and oxygen atoms in total. The van der Waals surface area contributed by atoms with E-state index >= 15 is 0 Å². The van der Waals surface area contributed by atoms with Gasteiger partial charge in [0.2, 0.25) is 0 Å². The Hall–Kier alpha value is -1.02. The first kappa shape index (κ1) is 11.5. The van der Waals surface area contributed by atoms with Crippen LogP contribution in [0.1, 0.15) is 31.2 Å². The molecular weight excluding hydrogens is 198 g/mol. The van der Waals surface area contributed by atoms with E-state index in [2.05, 4.69) is 4.90 Å². The Bertz CT molecular complexity index is 301. The van der Waals surface area contributed by atoms with E-state index in [0.29, 0.717) is 5.75 Å². The monoisotopic (exact) mass is 219 g/mol. The number of rotatable bonds is 5. The highest BCUT2D eigenvalue weighted by Gasteiger charge is 2.09. The van der Waals surface area contributed by atoms with Crippen LogP contribution < -0.4 is 0 Å². The lowest BCUT2D eigenvalue weighted by molar-refractivity contribution is 0.330. The van der Waals surface area contributed by atoms with Crippen LogP contribution in [0.4, 0.5) is 0 Å². The third-order valence-electron chi connectivity index (χ3n) is 3.32. The molecule has 1 N–H and O–H groups in total. The average molecular weight is 219 g/mol. The Balaban J connectivity index is 1.62. The maximum atomic E-state index is 9.17. The second kappa shape index (κ2) is 5.90. The highest BCUT2D eigenvalue weighted by molar-refractivity contribution is 5.25. The SMILES string of the molecule is Oc1ccc(CCCCN2CCCC2)cc1. The van der Waals surface area contributed by atoms with Gasteiger partial charge < -0.3 is 10.0 Å². The summed E-state index contributed by atoms with van der Waals surface area (Å²) >= 11 is 0. The number of phenolic OH excluding ortho intramolecular Hbond substituents is 1. The van der Waals surface area contributed by atoms with Crippen LogP contribution in [-0.2, 0) is 6.42 Å². The molecular formula is C14H21NO. The second-order valence-electron chi connectivity index (χ2n) is 4.67. The Morgan fingerprint density at radius 3 is 2.38 bits per heavy atom. The maximum absolute atomic E-state index is 9.17. The minimum absolute atomic E-state index is 0.362. The van der Waals surface area contributed by atoms with E-state index in [4.69, 9.17) is 5.11 Å². The number of phenols is 1. The Labute approximate surface area is 97.9 Å². The molecule has 0 aliphatic carbocycles. The molecule has 2 rings (SSSR count). The van der Waals surface area contributed by atoms with E-state index in [1.807, 2.05) is 12.1 Å². The molecule has 0 spiro atoms. The van der Waals surface area contributed by atoms with E-state index in [1.165, 1.54) is 50.9 Å². The van der Waals surface area contributed by atoms with Gasteiger partial charge in [-0.15, -0.1) is 0 Å². The molecule has 0 saturated carbocycles. The smallest absolute Gasteiger partial charge is 0.115 e. The summed E-state index contributed by atoms with van der Waals surface area (Å²) in [5.41, 5.74) is 1.33. The quantitative estimate of drug-likeness (QED) is 0.770. The van der Waals surface area contributed by atoms with Gasteiger partial charge in [-0.2, -0.15) is 0 Å². The van der Waals surface area contributed by atoms with Crippen molar-refractivity contribution in [3.8, 4) is 5.75 Å². The largest absolute Gasteiger partial charge is 0.508 e. The number of aromatic hydroxyl groups is 1. The summed E-state index contributed by atoms with van der Waals surface area (Å²) in [6.45, 7) is 3.87. The van der Waals surface area contributed by atoms with Crippen molar-refractivity contribution in [1.82, 2.24) is 4.90 Å². The molecule has 1 aliphatic rings.